The van der Waals surface area contributed by atoms with Gasteiger partial charge in [0.05, 0.1) is 5.60 Å². The Labute approximate surface area is 129 Å². The normalized spacial score (nSPS) is 24.5. The maximum absolute atomic E-state index is 12.3. The predicted molar refractivity (Wildman–Crippen MR) is 83.6 cm³/mol. The number of amides is 1. The van der Waals surface area contributed by atoms with E-state index in [9.17, 15) is 9.90 Å². The van der Waals surface area contributed by atoms with Gasteiger partial charge in [-0.1, -0.05) is 35.0 Å². The molecule has 4 heteroatoms. The van der Waals surface area contributed by atoms with Crippen LogP contribution in [0, 0.1) is 0 Å². The van der Waals surface area contributed by atoms with Gasteiger partial charge in [0.1, 0.15) is 0 Å². The molecule has 1 aromatic carbocycles. The van der Waals surface area contributed by atoms with Gasteiger partial charge >= 0.3 is 0 Å². The van der Waals surface area contributed by atoms with E-state index in [1.165, 1.54) is 5.56 Å². The lowest BCUT2D eigenvalue weighted by atomic mass is 9.93. The highest BCUT2D eigenvalue weighted by Gasteiger charge is 2.31. The minimum Gasteiger partial charge on any atom is -0.388 e. The van der Waals surface area contributed by atoms with E-state index in [1.807, 2.05) is 31.2 Å². The summed E-state index contributed by atoms with van der Waals surface area (Å²) in [7, 11) is 0. The van der Waals surface area contributed by atoms with Crippen molar-refractivity contribution in [1.29, 1.82) is 0 Å². The molecule has 0 radical (unpaired) electrons. The number of halogens is 1. The first-order valence-electron chi connectivity index (χ1n) is 7.13. The van der Waals surface area contributed by atoms with Gasteiger partial charge in [-0.05, 0) is 43.4 Å². The summed E-state index contributed by atoms with van der Waals surface area (Å²) in [5, 5.41) is 10.1. The molecule has 2 atom stereocenters. The second kappa shape index (κ2) is 6.27. The van der Waals surface area contributed by atoms with E-state index in [0.29, 0.717) is 13.0 Å². The van der Waals surface area contributed by atoms with Gasteiger partial charge in [-0.15, -0.1) is 0 Å². The van der Waals surface area contributed by atoms with E-state index in [4.69, 9.17) is 0 Å². The van der Waals surface area contributed by atoms with Gasteiger partial charge in [0.25, 0.3) is 0 Å². The fraction of sp³-hybridized carbons (Fsp3) is 0.562. The van der Waals surface area contributed by atoms with Gasteiger partial charge in [0.2, 0.25) is 5.91 Å². The number of hydrogen-bond acceptors (Lipinski definition) is 2. The highest BCUT2D eigenvalue weighted by molar-refractivity contribution is 9.10. The molecule has 20 heavy (non-hydrogen) atoms. The van der Waals surface area contributed by atoms with Gasteiger partial charge in [0.15, 0.2) is 0 Å². The lowest BCUT2D eigenvalue weighted by molar-refractivity contribution is -0.137. The standard InChI is InChI=1S/C16H22BrNO2/c1-12(13-4-6-14(17)7-5-13)10-15(19)18-9-3-8-16(2,20)11-18/h4-7,12,20H,3,8-11H2,1-2H3. The minimum absolute atomic E-state index is 0.139. The van der Waals surface area contributed by atoms with E-state index >= 15 is 0 Å². The Morgan fingerprint density at radius 3 is 2.70 bits per heavy atom. The molecule has 0 spiro atoms. The van der Waals surface area contributed by atoms with Crippen LogP contribution in [-0.2, 0) is 4.79 Å². The van der Waals surface area contributed by atoms with Crippen LogP contribution in [0.2, 0.25) is 0 Å². The molecule has 2 rings (SSSR count). The summed E-state index contributed by atoms with van der Waals surface area (Å²) in [5.74, 6) is 0.336. The number of carbonyl (C=O) groups excluding carboxylic acids is 1. The van der Waals surface area contributed by atoms with Crippen molar-refractivity contribution >= 4 is 21.8 Å². The van der Waals surface area contributed by atoms with E-state index in [0.717, 1.165) is 23.9 Å². The Hall–Kier alpha value is -0.870. The van der Waals surface area contributed by atoms with Gasteiger partial charge in [-0.3, -0.25) is 4.79 Å². The third-order valence-corrected chi connectivity index (χ3v) is 4.48. The maximum Gasteiger partial charge on any atom is 0.223 e. The summed E-state index contributed by atoms with van der Waals surface area (Å²) in [6.45, 7) is 5.11. The third-order valence-electron chi connectivity index (χ3n) is 3.95. The van der Waals surface area contributed by atoms with Crippen molar-refractivity contribution in [3.8, 4) is 0 Å². The van der Waals surface area contributed by atoms with Gasteiger partial charge in [-0.2, -0.15) is 0 Å². The molecule has 1 saturated heterocycles. The molecule has 1 aromatic rings. The smallest absolute Gasteiger partial charge is 0.223 e. The first-order valence-corrected chi connectivity index (χ1v) is 7.92. The average Bonchev–Trinajstić information content (AvgIpc) is 2.38. The van der Waals surface area contributed by atoms with E-state index in [2.05, 4.69) is 22.9 Å². The molecule has 0 bridgehead atoms. The minimum atomic E-state index is -0.727. The van der Waals surface area contributed by atoms with Crippen LogP contribution in [-0.4, -0.2) is 34.6 Å². The summed E-state index contributed by atoms with van der Waals surface area (Å²) >= 11 is 3.42. The number of likely N-dealkylation sites (tertiary alicyclic amines) is 1. The molecule has 1 heterocycles. The molecule has 1 N–H and O–H groups in total. The lowest BCUT2D eigenvalue weighted by Crippen LogP contribution is -2.48. The monoisotopic (exact) mass is 339 g/mol. The lowest BCUT2D eigenvalue weighted by Gasteiger charge is -2.37. The van der Waals surface area contributed by atoms with Crippen LogP contribution in [0.4, 0.5) is 0 Å². The summed E-state index contributed by atoms with van der Waals surface area (Å²) in [4.78, 5) is 14.1. The van der Waals surface area contributed by atoms with E-state index < -0.39 is 5.60 Å². The molecule has 0 saturated carbocycles. The van der Waals surface area contributed by atoms with Crippen LogP contribution in [0.15, 0.2) is 28.7 Å². The van der Waals surface area contributed by atoms with Crippen LogP contribution in [0.3, 0.4) is 0 Å². The third kappa shape index (κ3) is 4.06. The molecular weight excluding hydrogens is 318 g/mol. The molecule has 1 fully saturated rings. The molecule has 3 nitrogen and oxygen atoms in total. The summed E-state index contributed by atoms with van der Waals surface area (Å²) < 4.78 is 1.05. The van der Waals surface area contributed by atoms with Crippen molar-refractivity contribution in [2.45, 2.75) is 44.6 Å². The number of aliphatic hydroxyl groups is 1. The average molecular weight is 340 g/mol. The first-order chi connectivity index (χ1) is 9.37. The quantitative estimate of drug-likeness (QED) is 0.917. The number of β-amino-alcohol motifs (C(OH)–C–C–N with tert-alkyl or cyclic N) is 1. The highest BCUT2D eigenvalue weighted by Crippen LogP contribution is 2.25. The molecule has 2 unspecified atom stereocenters. The Morgan fingerprint density at radius 1 is 1.45 bits per heavy atom. The van der Waals surface area contributed by atoms with Crippen LogP contribution in [0.1, 0.15) is 44.6 Å². The number of benzene rings is 1. The molecule has 1 aliphatic heterocycles. The zero-order chi connectivity index (χ0) is 14.8. The van der Waals surface area contributed by atoms with Crippen LogP contribution >= 0.6 is 15.9 Å². The Balaban J connectivity index is 1.95. The van der Waals surface area contributed by atoms with Crippen molar-refractivity contribution in [2.24, 2.45) is 0 Å². The summed E-state index contributed by atoms with van der Waals surface area (Å²) in [5.41, 5.74) is 0.444. The fourth-order valence-electron chi connectivity index (χ4n) is 2.73. The zero-order valence-corrected chi connectivity index (χ0v) is 13.7. The second-order valence-electron chi connectivity index (χ2n) is 6.07. The van der Waals surface area contributed by atoms with Crippen molar-refractivity contribution in [3.63, 3.8) is 0 Å². The molecule has 1 amide bonds. The first kappa shape index (κ1) is 15.5. The van der Waals surface area contributed by atoms with Crippen LogP contribution in [0.5, 0.6) is 0 Å². The Bertz CT molecular complexity index is 470. The van der Waals surface area contributed by atoms with Crippen molar-refractivity contribution in [3.05, 3.63) is 34.3 Å². The zero-order valence-electron chi connectivity index (χ0n) is 12.1. The second-order valence-corrected chi connectivity index (χ2v) is 6.99. The van der Waals surface area contributed by atoms with Crippen molar-refractivity contribution < 1.29 is 9.90 Å². The summed E-state index contributed by atoms with van der Waals surface area (Å²) in [6, 6.07) is 8.10. The molecule has 1 aliphatic rings. The van der Waals surface area contributed by atoms with Gasteiger partial charge < -0.3 is 10.0 Å². The molecule has 0 aliphatic carbocycles. The van der Waals surface area contributed by atoms with Crippen molar-refractivity contribution in [1.82, 2.24) is 4.90 Å². The van der Waals surface area contributed by atoms with Crippen LogP contribution in [0.25, 0.3) is 0 Å². The Kier molecular flexibility index (Phi) is 4.86. The predicted octanol–water partition coefficient (Wildman–Crippen LogP) is 3.32. The summed E-state index contributed by atoms with van der Waals surface area (Å²) in [6.07, 6.45) is 2.15. The highest BCUT2D eigenvalue weighted by atomic mass is 79.9. The molecular formula is C16H22BrNO2. The fourth-order valence-corrected chi connectivity index (χ4v) is 3.00. The Morgan fingerprint density at radius 2 is 2.10 bits per heavy atom. The number of hydrogen-bond donors (Lipinski definition) is 1. The van der Waals surface area contributed by atoms with E-state index in [-0.39, 0.29) is 11.8 Å². The molecule has 110 valence electrons. The van der Waals surface area contributed by atoms with Gasteiger partial charge in [0, 0.05) is 24.0 Å². The van der Waals surface area contributed by atoms with E-state index in [1.54, 1.807) is 4.90 Å². The largest absolute Gasteiger partial charge is 0.388 e. The number of nitrogens with zero attached hydrogens (tertiary/aromatic N) is 1. The maximum atomic E-state index is 12.3. The number of carbonyl (C=O) groups is 1. The van der Waals surface area contributed by atoms with Gasteiger partial charge in [-0.25, -0.2) is 0 Å². The number of piperidine rings is 1. The van der Waals surface area contributed by atoms with Crippen molar-refractivity contribution in [2.75, 3.05) is 13.1 Å². The topological polar surface area (TPSA) is 40.5 Å². The SMILES string of the molecule is CC(CC(=O)N1CCCC(C)(O)C1)c1ccc(Br)cc1. The van der Waals surface area contributed by atoms with Crippen LogP contribution < -0.4 is 0 Å². The molecule has 0 aromatic heterocycles. The number of rotatable bonds is 3.